The highest BCUT2D eigenvalue weighted by Gasteiger charge is 2.74. The topological polar surface area (TPSA) is 162 Å². The number of esters is 1. The van der Waals surface area contributed by atoms with E-state index in [0.29, 0.717) is 122 Å². The number of nitrogens with one attached hydrogen (secondary N) is 2. The lowest BCUT2D eigenvalue weighted by Gasteiger charge is -2.72. The first-order chi connectivity index (χ1) is 41.3. The third-order valence-corrected chi connectivity index (χ3v) is 31.4. The largest absolute Gasteiger partial charge is 0.469 e. The summed E-state index contributed by atoms with van der Waals surface area (Å²) in [5, 5.41) is 6.95. The van der Waals surface area contributed by atoms with E-state index in [9.17, 15) is 28.8 Å². The normalized spacial score (nSPS) is 43.3. The summed E-state index contributed by atoms with van der Waals surface area (Å²) in [6, 6.07) is -0.515. The molecule has 10 aliphatic rings. The van der Waals surface area contributed by atoms with Gasteiger partial charge in [-0.3, -0.25) is 28.8 Å². The molecule has 0 aromatic carbocycles. The lowest BCUT2D eigenvalue weighted by Crippen LogP contribution is -2.67. The summed E-state index contributed by atoms with van der Waals surface area (Å²) >= 11 is 0. The minimum Gasteiger partial charge on any atom is -0.469 e. The number of allylic oxidation sites excluding steroid dienone is 2. The van der Waals surface area contributed by atoms with Gasteiger partial charge in [0.05, 0.1) is 29.9 Å². The van der Waals surface area contributed by atoms with Crippen LogP contribution in [0.1, 0.15) is 282 Å². The standard InChI is InChI=1S/C78H125N3O7/c1-49(2)52-31-41-77(45-43-73(11)54(64(52)77)27-29-60-71(9)37-35-62(83)69(5,6)58(71)33-39-75(60,73)13)67(86)80-47-21-19-24-51(66(85)88-15)23-17-16-18-26-57(82)56(79)25-20-22-48-81-68(87)78-42-32-53(50(3)4)65(78)55-28-30-61-72(10)38-36-63(84)70(7,8)59(72)34-40-76(61,14)74(55,12)44-46-78/h51-56,58-61,64-65H,1,3,16-48,79H2,2,4-15H3,(H,80,86)(H,81,87)/t51?,52?,53?,54-,55-,56?,58+,59+,60-,61-,64?,65?,71+,72+,73-,74-,75-,76-,77?,78?/m1/s1. The van der Waals surface area contributed by atoms with Crippen molar-refractivity contribution >= 4 is 35.1 Å². The average Bonchev–Trinajstić information content (AvgIpc) is 0.994. The van der Waals surface area contributed by atoms with Crippen molar-refractivity contribution in [1.29, 1.82) is 0 Å². The predicted molar refractivity (Wildman–Crippen MR) is 353 cm³/mol. The predicted octanol–water partition coefficient (Wildman–Crippen LogP) is 16.6. The molecule has 20 atom stereocenters. The Balaban J connectivity index is 0.643. The van der Waals surface area contributed by atoms with E-state index in [1.54, 1.807) is 0 Å². The van der Waals surface area contributed by atoms with Crippen LogP contribution < -0.4 is 16.4 Å². The van der Waals surface area contributed by atoms with Crippen LogP contribution in [0.3, 0.4) is 0 Å². The highest BCUT2D eigenvalue weighted by molar-refractivity contribution is 5.87. The molecular formula is C78H125N3O7. The summed E-state index contributed by atoms with van der Waals surface area (Å²) in [4.78, 5) is 82.6. The van der Waals surface area contributed by atoms with Crippen LogP contribution in [-0.4, -0.2) is 61.4 Å². The lowest BCUT2D eigenvalue weighted by molar-refractivity contribution is -0.233. The van der Waals surface area contributed by atoms with Crippen molar-refractivity contribution in [1.82, 2.24) is 10.6 Å². The van der Waals surface area contributed by atoms with Crippen LogP contribution in [0.4, 0.5) is 0 Å². The van der Waals surface area contributed by atoms with Gasteiger partial charge in [0.1, 0.15) is 17.3 Å². The molecule has 10 saturated carbocycles. The van der Waals surface area contributed by atoms with Gasteiger partial charge in [-0.15, -0.1) is 0 Å². The first-order valence-corrected chi connectivity index (χ1v) is 36.6. The second kappa shape index (κ2) is 24.6. The van der Waals surface area contributed by atoms with E-state index in [1.165, 1.54) is 43.9 Å². The number of Topliss-reactive ketones (excluding diaryl/α,β-unsaturated/α-hetero) is 3. The number of ketones is 3. The van der Waals surface area contributed by atoms with Crippen LogP contribution in [-0.2, 0) is 33.5 Å². The van der Waals surface area contributed by atoms with Crippen molar-refractivity contribution in [3.8, 4) is 0 Å². The van der Waals surface area contributed by atoms with E-state index >= 15 is 0 Å². The molecule has 0 bridgehead atoms. The maximum Gasteiger partial charge on any atom is 0.308 e. The van der Waals surface area contributed by atoms with Gasteiger partial charge in [-0.05, 0) is 266 Å². The molecule has 10 fully saturated rings. The smallest absolute Gasteiger partial charge is 0.308 e. The molecule has 0 aromatic heterocycles. The number of amides is 2. The molecule has 10 aliphatic carbocycles. The number of carbonyl (C=O) groups excluding carboxylic acids is 6. The van der Waals surface area contributed by atoms with Crippen LogP contribution >= 0.6 is 0 Å². The second-order valence-electron chi connectivity index (χ2n) is 35.4. The first-order valence-electron chi connectivity index (χ1n) is 36.6. The van der Waals surface area contributed by atoms with E-state index < -0.39 is 6.04 Å². The summed E-state index contributed by atoms with van der Waals surface area (Å²) in [6.45, 7) is 39.3. The van der Waals surface area contributed by atoms with Gasteiger partial charge in [-0.1, -0.05) is 113 Å². The monoisotopic (exact) mass is 1220 g/mol. The summed E-state index contributed by atoms with van der Waals surface area (Å²) in [6.07, 6.45) is 28.8. The minimum atomic E-state index is -0.515. The first kappa shape index (κ1) is 67.7. The fourth-order valence-electron chi connectivity index (χ4n) is 26.2. The third-order valence-electron chi connectivity index (χ3n) is 31.4. The van der Waals surface area contributed by atoms with Crippen LogP contribution in [0.15, 0.2) is 24.3 Å². The zero-order valence-electron chi connectivity index (χ0n) is 58.1. The van der Waals surface area contributed by atoms with Crippen molar-refractivity contribution in [3.05, 3.63) is 24.3 Å². The Morgan fingerprint density at radius 1 is 0.500 bits per heavy atom. The molecule has 0 heterocycles. The van der Waals surface area contributed by atoms with Gasteiger partial charge >= 0.3 is 5.97 Å². The van der Waals surface area contributed by atoms with Gasteiger partial charge in [-0.25, -0.2) is 0 Å². The van der Waals surface area contributed by atoms with Gasteiger partial charge < -0.3 is 21.1 Å². The average molecular weight is 1220 g/mol. The molecule has 0 spiro atoms. The van der Waals surface area contributed by atoms with E-state index in [-0.39, 0.29) is 83.6 Å². The summed E-state index contributed by atoms with van der Waals surface area (Å²) in [5.41, 5.74) is 8.64. The molecule has 0 aliphatic heterocycles. The zero-order chi connectivity index (χ0) is 64.0. The number of ether oxygens (including phenoxy) is 1. The molecule has 88 heavy (non-hydrogen) atoms. The number of carbonyl (C=O) groups is 6. The molecule has 10 heteroatoms. The zero-order valence-corrected chi connectivity index (χ0v) is 58.1. The fourth-order valence-corrected chi connectivity index (χ4v) is 26.2. The van der Waals surface area contributed by atoms with Gasteiger partial charge in [0.2, 0.25) is 11.8 Å². The van der Waals surface area contributed by atoms with Crippen LogP contribution in [0.2, 0.25) is 0 Å². The summed E-state index contributed by atoms with van der Waals surface area (Å²) < 4.78 is 5.29. The van der Waals surface area contributed by atoms with Crippen LogP contribution in [0.25, 0.3) is 0 Å². The van der Waals surface area contributed by atoms with E-state index in [0.717, 1.165) is 135 Å². The quantitative estimate of drug-likeness (QED) is 0.0548. The van der Waals surface area contributed by atoms with E-state index in [4.69, 9.17) is 10.5 Å². The minimum absolute atomic E-state index is 0.0910. The van der Waals surface area contributed by atoms with Crippen molar-refractivity contribution < 1.29 is 33.5 Å². The summed E-state index contributed by atoms with van der Waals surface area (Å²) in [7, 11) is 1.47. The Labute approximate surface area is 534 Å². The number of rotatable bonds is 22. The Bertz CT molecular complexity index is 2710. The van der Waals surface area contributed by atoms with Crippen molar-refractivity contribution in [2.45, 2.75) is 288 Å². The molecule has 10 nitrogen and oxygen atoms in total. The molecular weight excluding hydrogens is 1090 g/mol. The number of hydrogen-bond donors (Lipinski definition) is 3. The van der Waals surface area contributed by atoms with Crippen LogP contribution in [0, 0.1) is 119 Å². The Morgan fingerprint density at radius 2 is 0.920 bits per heavy atom. The third kappa shape index (κ3) is 10.6. The Kier molecular flexibility index (Phi) is 19.0. The van der Waals surface area contributed by atoms with Gasteiger partial charge in [0, 0.05) is 43.2 Å². The van der Waals surface area contributed by atoms with Crippen molar-refractivity contribution in [3.63, 3.8) is 0 Å². The highest BCUT2D eigenvalue weighted by atomic mass is 16.5. The van der Waals surface area contributed by atoms with E-state index in [1.807, 2.05) is 0 Å². The fraction of sp³-hybridized carbons (Fsp3) is 0.872. The summed E-state index contributed by atoms with van der Waals surface area (Å²) in [5.74, 6) is 5.38. The van der Waals surface area contributed by atoms with E-state index in [2.05, 4.69) is 107 Å². The van der Waals surface area contributed by atoms with Crippen molar-refractivity contribution in [2.75, 3.05) is 20.2 Å². The highest BCUT2D eigenvalue weighted by Crippen LogP contribution is 2.80. The SMILES string of the molecule is C=C(C)C1CCC2(C(=O)NCCCCC(N)C(=O)CCCCCC(CCCCNC(=O)C34CCC(C(=C)C)C3[C@H]3CC[C@@H]5[C@@]6(C)CCC(=O)C(C)(C)[C@@H]6CC[C@@]5(C)[C@]3(C)CC4)C(=O)OC)CC[C@]3(C)[C@H](CC[C@@H]4[C@@]5(C)CCC(=O)C(C)(C)[C@@H]5CC[C@]43C)C12. The lowest BCUT2D eigenvalue weighted by atomic mass is 9.32. The number of nitrogens with two attached hydrogens (primary N) is 1. The molecule has 4 N–H and O–H groups in total. The van der Waals surface area contributed by atoms with Gasteiger partial charge in [0.15, 0.2) is 0 Å². The Hall–Kier alpha value is -3.14. The number of hydrogen-bond acceptors (Lipinski definition) is 8. The number of methoxy groups -OCH3 is 1. The maximum absolute atomic E-state index is 14.8. The molecule has 2 amide bonds. The molecule has 0 radical (unpaired) electrons. The number of unbranched alkanes of at least 4 members (excludes halogenated alkanes) is 4. The molecule has 0 saturated heterocycles. The Morgan fingerprint density at radius 3 is 1.34 bits per heavy atom. The molecule has 494 valence electrons. The molecule has 10 rings (SSSR count). The molecule has 8 unspecified atom stereocenters. The number of fused-ring (bicyclic) bond motifs is 14. The van der Waals surface area contributed by atoms with Gasteiger partial charge in [-0.2, -0.15) is 0 Å². The van der Waals surface area contributed by atoms with Crippen molar-refractivity contribution in [2.24, 2.45) is 125 Å². The maximum atomic E-state index is 14.8. The van der Waals surface area contributed by atoms with Crippen LogP contribution in [0.5, 0.6) is 0 Å². The molecule has 0 aromatic rings. The van der Waals surface area contributed by atoms with Gasteiger partial charge in [0.25, 0.3) is 0 Å². The second-order valence-corrected chi connectivity index (χ2v) is 35.4.